The van der Waals surface area contributed by atoms with E-state index in [1.54, 1.807) is 0 Å². The van der Waals surface area contributed by atoms with Gasteiger partial charge >= 0.3 is 0 Å². The Kier molecular flexibility index (Phi) is 3.46. The number of oxazole rings is 1. The standard InChI is InChI=1S/C18H15NO/c1-2-9-16-17(14-10-5-3-6-11-14)20-18(19-16)15-12-7-4-8-13-15/h2-8,10-13H,1,9H2. The van der Waals surface area contributed by atoms with Gasteiger partial charge in [0.05, 0.1) is 5.69 Å². The molecule has 0 N–H and O–H groups in total. The summed E-state index contributed by atoms with van der Waals surface area (Å²) in [6.07, 6.45) is 2.54. The monoisotopic (exact) mass is 261 g/mol. The van der Waals surface area contributed by atoms with Gasteiger partial charge in [0.1, 0.15) is 0 Å². The van der Waals surface area contributed by atoms with E-state index in [2.05, 4.69) is 11.6 Å². The zero-order chi connectivity index (χ0) is 13.8. The van der Waals surface area contributed by atoms with E-state index in [1.165, 1.54) is 0 Å². The van der Waals surface area contributed by atoms with Gasteiger partial charge in [0.25, 0.3) is 0 Å². The lowest BCUT2D eigenvalue weighted by Gasteiger charge is -1.98. The van der Waals surface area contributed by atoms with Crippen LogP contribution in [0.4, 0.5) is 0 Å². The number of hydrogen-bond donors (Lipinski definition) is 0. The topological polar surface area (TPSA) is 26.0 Å². The number of allylic oxidation sites excluding steroid dienone is 1. The van der Waals surface area contributed by atoms with Crippen molar-refractivity contribution in [3.63, 3.8) is 0 Å². The summed E-state index contributed by atoms with van der Waals surface area (Å²) in [5, 5.41) is 0. The molecule has 2 heteroatoms. The average Bonchev–Trinajstić information content (AvgIpc) is 2.94. The second-order valence-corrected chi connectivity index (χ2v) is 4.52. The molecule has 0 bridgehead atoms. The van der Waals surface area contributed by atoms with Crippen LogP contribution in [-0.2, 0) is 6.42 Å². The Morgan fingerprint density at radius 1 is 0.900 bits per heavy atom. The molecular weight excluding hydrogens is 246 g/mol. The molecule has 1 heterocycles. The molecule has 0 saturated heterocycles. The first-order chi connectivity index (χ1) is 9.88. The van der Waals surface area contributed by atoms with E-state index in [0.29, 0.717) is 12.3 Å². The maximum absolute atomic E-state index is 5.98. The summed E-state index contributed by atoms with van der Waals surface area (Å²) in [4.78, 5) is 4.61. The normalized spacial score (nSPS) is 10.4. The first-order valence-corrected chi connectivity index (χ1v) is 6.60. The van der Waals surface area contributed by atoms with Crippen molar-refractivity contribution in [3.8, 4) is 22.8 Å². The second kappa shape index (κ2) is 5.57. The van der Waals surface area contributed by atoms with Crippen molar-refractivity contribution in [2.75, 3.05) is 0 Å². The second-order valence-electron chi connectivity index (χ2n) is 4.52. The summed E-state index contributed by atoms with van der Waals surface area (Å²) < 4.78 is 5.98. The van der Waals surface area contributed by atoms with Crippen molar-refractivity contribution in [3.05, 3.63) is 79.0 Å². The van der Waals surface area contributed by atoms with E-state index in [4.69, 9.17) is 4.42 Å². The zero-order valence-corrected chi connectivity index (χ0v) is 11.1. The van der Waals surface area contributed by atoms with Gasteiger partial charge < -0.3 is 4.42 Å². The number of benzene rings is 2. The molecule has 98 valence electrons. The molecule has 0 fully saturated rings. The predicted octanol–water partition coefficient (Wildman–Crippen LogP) is 4.74. The van der Waals surface area contributed by atoms with Crippen molar-refractivity contribution < 1.29 is 4.42 Å². The summed E-state index contributed by atoms with van der Waals surface area (Å²) in [6, 6.07) is 20.0. The van der Waals surface area contributed by atoms with Crippen LogP contribution in [0.3, 0.4) is 0 Å². The first kappa shape index (κ1) is 12.4. The molecule has 20 heavy (non-hydrogen) atoms. The van der Waals surface area contributed by atoms with Gasteiger partial charge in [-0.2, -0.15) is 0 Å². The maximum atomic E-state index is 5.98. The minimum absolute atomic E-state index is 0.654. The fourth-order valence-corrected chi connectivity index (χ4v) is 2.15. The third kappa shape index (κ3) is 2.41. The van der Waals surface area contributed by atoms with Crippen LogP contribution in [0.2, 0.25) is 0 Å². The Labute approximate surface area is 118 Å². The van der Waals surface area contributed by atoms with E-state index in [9.17, 15) is 0 Å². The van der Waals surface area contributed by atoms with Crippen LogP contribution in [0, 0.1) is 0 Å². The Bertz CT molecular complexity index is 699. The highest BCUT2D eigenvalue weighted by Gasteiger charge is 2.14. The molecule has 1 aromatic heterocycles. The number of hydrogen-bond acceptors (Lipinski definition) is 2. The van der Waals surface area contributed by atoms with Gasteiger partial charge in [0.15, 0.2) is 5.76 Å². The van der Waals surface area contributed by atoms with E-state index in [1.807, 2.05) is 66.7 Å². The number of aromatic nitrogens is 1. The van der Waals surface area contributed by atoms with Gasteiger partial charge in [-0.1, -0.05) is 54.6 Å². The van der Waals surface area contributed by atoms with Crippen LogP contribution < -0.4 is 0 Å². The van der Waals surface area contributed by atoms with Crippen molar-refractivity contribution in [2.45, 2.75) is 6.42 Å². The van der Waals surface area contributed by atoms with Gasteiger partial charge in [0.2, 0.25) is 5.89 Å². The number of rotatable bonds is 4. The summed E-state index contributed by atoms with van der Waals surface area (Å²) in [6.45, 7) is 3.79. The van der Waals surface area contributed by atoms with Crippen LogP contribution >= 0.6 is 0 Å². The van der Waals surface area contributed by atoms with Crippen molar-refractivity contribution in [1.29, 1.82) is 0 Å². The van der Waals surface area contributed by atoms with E-state index >= 15 is 0 Å². The molecule has 2 nitrogen and oxygen atoms in total. The van der Waals surface area contributed by atoms with Gasteiger partial charge in [0, 0.05) is 17.5 Å². The zero-order valence-electron chi connectivity index (χ0n) is 11.1. The minimum Gasteiger partial charge on any atom is -0.436 e. The molecule has 0 saturated carbocycles. The summed E-state index contributed by atoms with van der Waals surface area (Å²) >= 11 is 0. The number of nitrogens with zero attached hydrogens (tertiary/aromatic N) is 1. The van der Waals surface area contributed by atoms with Crippen molar-refractivity contribution >= 4 is 0 Å². The molecule has 0 aliphatic heterocycles. The average molecular weight is 261 g/mol. The van der Waals surface area contributed by atoms with Crippen LogP contribution in [0.5, 0.6) is 0 Å². The SMILES string of the molecule is C=CCc1nc(-c2ccccc2)oc1-c1ccccc1. The molecule has 0 atom stereocenters. The van der Waals surface area contributed by atoms with Gasteiger partial charge in [-0.05, 0) is 12.1 Å². The predicted molar refractivity (Wildman–Crippen MR) is 81.3 cm³/mol. The highest BCUT2D eigenvalue weighted by Crippen LogP contribution is 2.30. The fraction of sp³-hybridized carbons (Fsp3) is 0.0556. The van der Waals surface area contributed by atoms with E-state index in [-0.39, 0.29) is 0 Å². The van der Waals surface area contributed by atoms with Crippen molar-refractivity contribution in [2.24, 2.45) is 0 Å². The minimum atomic E-state index is 0.654. The van der Waals surface area contributed by atoms with Gasteiger partial charge in [-0.25, -0.2) is 4.98 Å². The van der Waals surface area contributed by atoms with Crippen molar-refractivity contribution in [1.82, 2.24) is 4.98 Å². The Balaban J connectivity index is 2.10. The molecule has 0 radical (unpaired) electrons. The molecule has 0 aliphatic rings. The molecule has 0 unspecified atom stereocenters. The van der Waals surface area contributed by atoms with Crippen LogP contribution in [0.25, 0.3) is 22.8 Å². The fourth-order valence-electron chi connectivity index (χ4n) is 2.15. The van der Waals surface area contributed by atoms with Crippen LogP contribution in [0.15, 0.2) is 77.7 Å². The quantitative estimate of drug-likeness (QED) is 0.634. The third-order valence-electron chi connectivity index (χ3n) is 3.09. The summed E-state index contributed by atoms with van der Waals surface area (Å²) in [7, 11) is 0. The lowest BCUT2D eigenvalue weighted by Crippen LogP contribution is -1.85. The van der Waals surface area contributed by atoms with E-state index in [0.717, 1.165) is 22.6 Å². The molecule has 2 aromatic carbocycles. The van der Waals surface area contributed by atoms with Gasteiger partial charge in [-0.15, -0.1) is 6.58 Å². The highest BCUT2D eigenvalue weighted by atomic mass is 16.4. The smallest absolute Gasteiger partial charge is 0.227 e. The summed E-state index contributed by atoms with van der Waals surface area (Å²) in [5.41, 5.74) is 2.95. The molecule has 3 aromatic rings. The first-order valence-electron chi connectivity index (χ1n) is 6.60. The maximum Gasteiger partial charge on any atom is 0.227 e. The largest absolute Gasteiger partial charge is 0.436 e. The third-order valence-corrected chi connectivity index (χ3v) is 3.09. The Morgan fingerprint density at radius 3 is 2.10 bits per heavy atom. The van der Waals surface area contributed by atoms with Gasteiger partial charge in [-0.3, -0.25) is 0 Å². The molecule has 0 amide bonds. The highest BCUT2D eigenvalue weighted by molar-refractivity contribution is 5.64. The molecule has 0 aliphatic carbocycles. The van der Waals surface area contributed by atoms with E-state index < -0.39 is 0 Å². The lowest BCUT2D eigenvalue weighted by molar-refractivity contribution is 0.588. The molecular formula is C18H15NO. The lowest BCUT2D eigenvalue weighted by atomic mass is 10.1. The summed E-state index contributed by atoms with van der Waals surface area (Å²) in [5.74, 6) is 1.48. The Hall–Kier alpha value is -2.61. The van der Waals surface area contributed by atoms with Crippen LogP contribution in [0.1, 0.15) is 5.69 Å². The molecule has 0 spiro atoms. The van der Waals surface area contributed by atoms with Crippen LogP contribution in [-0.4, -0.2) is 4.98 Å². The Morgan fingerprint density at radius 2 is 1.50 bits per heavy atom. The molecule has 3 rings (SSSR count).